The van der Waals surface area contributed by atoms with Crippen molar-refractivity contribution in [2.45, 2.75) is 44.8 Å². The topological polar surface area (TPSA) is 66.8 Å². The van der Waals surface area contributed by atoms with Crippen molar-refractivity contribution in [2.75, 3.05) is 13.2 Å². The highest BCUT2D eigenvalue weighted by molar-refractivity contribution is 7.17. The number of aliphatic hydroxyl groups excluding tert-OH is 1. The zero-order valence-corrected chi connectivity index (χ0v) is 19.8. The number of aliphatic hydroxyl groups is 1. The van der Waals surface area contributed by atoms with Gasteiger partial charge in [-0.2, -0.15) is 0 Å². The molecule has 1 N–H and O–H groups in total. The van der Waals surface area contributed by atoms with E-state index in [4.69, 9.17) is 4.74 Å². The Morgan fingerprint density at radius 3 is 2.45 bits per heavy atom. The molecule has 0 spiro atoms. The lowest BCUT2D eigenvalue weighted by molar-refractivity contribution is -0.0680. The van der Waals surface area contributed by atoms with Crippen molar-refractivity contribution in [3.8, 4) is 10.4 Å². The summed E-state index contributed by atoms with van der Waals surface area (Å²) >= 11 is 1.49. The monoisotopic (exact) mass is 463 g/mol. The van der Waals surface area contributed by atoms with E-state index in [0.29, 0.717) is 25.8 Å². The molecule has 0 bridgehead atoms. The molecular formula is C27H29NO4S. The highest BCUT2D eigenvalue weighted by Crippen LogP contribution is 2.40. The molecule has 5 nitrogen and oxygen atoms in total. The van der Waals surface area contributed by atoms with Crippen molar-refractivity contribution in [1.29, 1.82) is 0 Å². The molecule has 6 heteroatoms. The molecule has 0 saturated carbocycles. The predicted octanol–water partition coefficient (Wildman–Crippen LogP) is 6.19. The number of hydrogen-bond donors (Lipinski definition) is 1. The van der Waals surface area contributed by atoms with Crippen LogP contribution in [0.25, 0.3) is 10.4 Å². The summed E-state index contributed by atoms with van der Waals surface area (Å²) in [6.07, 6.45) is 1.52. The van der Waals surface area contributed by atoms with Gasteiger partial charge < -0.3 is 14.7 Å². The minimum absolute atomic E-state index is 0.0662. The van der Waals surface area contributed by atoms with E-state index in [9.17, 15) is 14.7 Å². The molecule has 1 aliphatic rings. The number of carbonyl (C=O) groups excluding carboxylic acids is 2. The number of rotatable bonds is 8. The van der Waals surface area contributed by atoms with E-state index in [2.05, 4.69) is 0 Å². The van der Waals surface area contributed by atoms with Crippen molar-refractivity contribution in [2.24, 2.45) is 0 Å². The van der Waals surface area contributed by atoms with Gasteiger partial charge in [-0.15, -0.1) is 11.3 Å². The van der Waals surface area contributed by atoms with Crippen molar-refractivity contribution >= 4 is 23.2 Å². The van der Waals surface area contributed by atoms with Crippen LogP contribution >= 0.6 is 11.3 Å². The van der Waals surface area contributed by atoms with Gasteiger partial charge >= 0.3 is 6.09 Å². The van der Waals surface area contributed by atoms with Crippen LogP contribution < -0.4 is 0 Å². The number of ketones is 1. The van der Waals surface area contributed by atoms with Crippen LogP contribution in [0.2, 0.25) is 0 Å². The Labute approximate surface area is 198 Å². The van der Waals surface area contributed by atoms with E-state index in [0.717, 1.165) is 26.4 Å². The first kappa shape index (κ1) is 23.2. The smallest absolute Gasteiger partial charge is 0.411 e. The van der Waals surface area contributed by atoms with E-state index in [1.54, 1.807) is 11.8 Å². The second kappa shape index (κ2) is 9.89. The molecule has 1 aromatic heterocycles. The Morgan fingerprint density at radius 1 is 1.12 bits per heavy atom. The fourth-order valence-corrected chi connectivity index (χ4v) is 5.35. The Bertz CT molecular complexity index is 1110. The second-order valence-corrected chi connectivity index (χ2v) is 9.60. The fourth-order valence-electron chi connectivity index (χ4n) is 4.44. The number of hydrogen-bond acceptors (Lipinski definition) is 5. The van der Waals surface area contributed by atoms with Crippen molar-refractivity contribution in [3.05, 3.63) is 82.7 Å². The highest BCUT2D eigenvalue weighted by atomic mass is 32.1. The molecule has 2 unspecified atom stereocenters. The van der Waals surface area contributed by atoms with Crippen LogP contribution in [0.4, 0.5) is 4.79 Å². The van der Waals surface area contributed by atoms with E-state index in [-0.39, 0.29) is 24.5 Å². The maximum Gasteiger partial charge on any atom is 0.411 e. The van der Waals surface area contributed by atoms with Crippen LogP contribution in [-0.2, 0) is 10.3 Å². The first-order valence-electron chi connectivity index (χ1n) is 11.3. The van der Waals surface area contributed by atoms with Gasteiger partial charge in [0.1, 0.15) is 5.60 Å². The Morgan fingerprint density at radius 2 is 1.85 bits per heavy atom. The van der Waals surface area contributed by atoms with Crippen molar-refractivity contribution in [3.63, 3.8) is 0 Å². The second-order valence-electron chi connectivity index (χ2n) is 8.52. The van der Waals surface area contributed by atoms with Gasteiger partial charge in [0.15, 0.2) is 5.78 Å². The molecule has 0 radical (unpaired) electrons. The molecule has 0 aliphatic carbocycles. The lowest BCUT2D eigenvalue weighted by atomic mass is 9.84. The molecule has 1 amide bonds. The van der Waals surface area contributed by atoms with Crippen LogP contribution in [0.3, 0.4) is 0 Å². The van der Waals surface area contributed by atoms with Crippen LogP contribution in [0, 0.1) is 0 Å². The first-order chi connectivity index (χ1) is 15.9. The third-order valence-electron chi connectivity index (χ3n) is 6.41. The summed E-state index contributed by atoms with van der Waals surface area (Å²) in [5, 5.41) is 9.38. The van der Waals surface area contributed by atoms with Crippen molar-refractivity contribution in [1.82, 2.24) is 4.90 Å². The minimum atomic E-state index is -0.700. The number of nitrogens with zero attached hydrogens (tertiary/aromatic N) is 1. The number of amides is 1. The number of cyclic esters (lactones) is 1. The molecule has 2 atom stereocenters. The average molecular weight is 464 g/mol. The number of Topliss-reactive ketones (excluding diaryl/α,β-unsaturated/α-hetero) is 1. The van der Waals surface area contributed by atoms with E-state index in [1.807, 2.05) is 73.7 Å². The van der Waals surface area contributed by atoms with Gasteiger partial charge in [-0.25, -0.2) is 4.79 Å². The van der Waals surface area contributed by atoms with Gasteiger partial charge in [-0.3, -0.25) is 4.79 Å². The molecule has 172 valence electrons. The van der Waals surface area contributed by atoms with E-state index in [1.165, 1.54) is 11.3 Å². The summed E-state index contributed by atoms with van der Waals surface area (Å²) in [5.74, 6) is 0.0747. The average Bonchev–Trinajstić information content (AvgIpc) is 3.34. The van der Waals surface area contributed by atoms with Crippen LogP contribution in [0.15, 0.2) is 66.7 Å². The van der Waals surface area contributed by atoms with Crippen molar-refractivity contribution < 1.29 is 19.4 Å². The third-order valence-corrected chi connectivity index (χ3v) is 7.65. The quantitative estimate of drug-likeness (QED) is 0.405. The predicted molar refractivity (Wildman–Crippen MR) is 130 cm³/mol. The number of carbonyl (C=O) groups is 2. The summed E-state index contributed by atoms with van der Waals surface area (Å²) in [6, 6.07) is 21.7. The molecular weight excluding hydrogens is 434 g/mol. The Kier molecular flexibility index (Phi) is 6.96. The molecule has 1 fully saturated rings. The fraction of sp³-hybridized carbons (Fsp3) is 0.333. The normalized spacial score (nSPS) is 19.2. The van der Waals surface area contributed by atoms with Crippen LogP contribution in [-0.4, -0.2) is 35.0 Å². The molecule has 3 aromatic rings. The standard InChI is InChI=1S/C27H29NO4S/c1-19(21-9-11-22(12-10-21)25-14-13-24(33-25)20(2)30)28-17-16-27(15-6-18-29,32-26(28)31)23-7-4-3-5-8-23/h3-5,7-14,19,29H,6,15-18H2,1-2H3. The Balaban J connectivity index is 1.49. The van der Waals surface area contributed by atoms with Gasteiger partial charge in [0.25, 0.3) is 0 Å². The molecule has 2 aromatic carbocycles. The first-order valence-corrected chi connectivity index (χ1v) is 12.1. The summed E-state index contributed by atoms with van der Waals surface area (Å²) in [7, 11) is 0. The summed E-state index contributed by atoms with van der Waals surface area (Å²) in [4.78, 5) is 28.3. The lowest BCUT2D eigenvalue weighted by Crippen LogP contribution is -2.48. The van der Waals surface area contributed by atoms with Gasteiger partial charge in [-0.05, 0) is 55.5 Å². The summed E-state index contributed by atoms with van der Waals surface area (Å²) in [5.41, 5.74) is 2.36. The summed E-state index contributed by atoms with van der Waals surface area (Å²) in [6.45, 7) is 4.23. The molecule has 4 rings (SSSR count). The largest absolute Gasteiger partial charge is 0.438 e. The highest BCUT2D eigenvalue weighted by Gasteiger charge is 2.43. The molecule has 1 saturated heterocycles. The number of ether oxygens (including phenoxy) is 1. The molecule has 2 heterocycles. The van der Waals surface area contributed by atoms with Gasteiger partial charge in [0, 0.05) is 24.4 Å². The molecule has 33 heavy (non-hydrogen) atoms. The van der Waals surface area contributed by atoms with Gasteiger partial charge in [-0.1, -0.05) is 54.6 Å². The van der Waals surface area contributed by atoms with Crippen LogP contribution in [0.1, 0.15) is 60.0 Å². The van der Waals surface area contributed by atoms with Crippen LogP contribution in [0.5, 0.6) is 0 Å². The van der Waals surface area contributed by atoms with Gasteiger partial charge in [0.2, 0.25) is 0 Å². The SMILES string of the molecule is CC(=O)c1ccc(-c2ccc(C(C)N3CCC(CCCO)(c4ccccc4)OC3=O)cc2)s1. The Hall–Kier alpha value is -2.96. The van der Waals surface area contributed by atoms with Gasteiger partial charge in [0.05, 0.1) is 10.9 Å². The summed E-state index contributed by atoms with van der Waals surface area (Å²) < 4.78 is 6.08. The molecule has 1 aliphatic heterocycles. The zero-order valence-electron chi connectivity index (χ0n) is 19.0. The number of benzene rings is 2. The van der Waals surface area contributed by atoms with E-state index >= 15 is 0 Å². The minimum Gasteiger partial charge on any atom is -0.438 e. The third kappa shape index (κ3) is 4.87. The maximum atomic E-state index is 13.1. The zero-order chi connectivity index (χ0) is 23.4. The number of thiophene rings is 1. The van der Waals surface area contributed by atoms with E-state index < -0.39 is 5.60 Å². The maximum absolute atomic E-state index is 13.1. The lowest BCUT2D eigenvalue weighted by Gasteiger charge is -2.43.